The maximum Gasteiger partial charge on any atom is 0.293 e. The Morgan fingerprint density at radius 2 is 1.80 bits per heavy atom. The molecule has 0 N–H and O–H groups in total. The van der Waals surface area contributed by atoms with E-state index >= 15 is 0 Å². The normalized spacial score (nSPS) is 15.5. The summed E-state index contributed by atoms with van der Waals surface area (Å²) in [6, 6.07) is 14.1. The second kappa shape index (κ2) is 9.67. The molecule has 0 unspecified atom stereocenters. The third-order valence-electron chi connectivity index (χ3n) is 4.74. The van der Waals surface area contributed by atoms with Crippen LogP contribution in [0.3, 0.4) is 0 Å². The molecule has 30 heavy (non-hydrogen) atoms. The van der Waals surface area contributed by atoms with E-state index in [1.165, 1.54) is 4.90 Å². The number of hydrogen-bond donors (Lipinski definition) is 0. The van der Waals surface area contributed by atoms with Crippen molar-refractivity contribution in [3.63, 3.8) is 0 Å². The monoisotopic (exact) mass is 422 g/mol. The van der Waals surface area contributed by atoms with Gasteiger partial charge in [-0.3, -0.25) is 14.5 Å². The summed E-state index contributed by atoms with van der Waals surface area (Å²) in [5.74, 6) is 0.503. The third-order valence-corrected chi connectivity index (χ3v) is 5.66. The minimum absolute atomic E-state index is 0.227. The van der Waals surface area contributed by atoms with Crippen molar-refractivity contribution in [2.45, 2.75) is 13.8 Å². The minimum Gasteiger partial charge on any atom is -0.491 e. The van der Waals surface area contributed by atoms with Gasteiger partial charge in [0.2, 0.25) is 0 Å². The standard InChI is InChI=1S/C24H26N2O3S/c1-17-8-9-18(2)21(16-17)29-15-14-26-23(27)22(30-24(26)28)7-5-6-19-10-12-20(13-11-19)25(3)4/h5-13,16H,14-15H2,1-4H3/b6-5+,22-7-. The molecule has 2 aromatic carbocycles. The fourth-order valence-corrected chi connectivity index (χ4v) is 3.76. The van der Waals surface area contributed by atoms with Crippen molar-refractivity contribution >= 4 is 34.7 Å². The van der Waals surface area contributed by atoms with E-state index in [0.29, 0.717) is 4.91 Å². The van der Waals surface area contributed by atoms with Crippen molar-refractivity contribution in [3.05, 3.63) is 76.2 Å². The Labute approximate surface area is 182 Å². The SMILES string of the molecule is Cc1ccc(C)c(OCCN2C(=O)S/C(=C\C=C\c3ccc(N(C)C)cc3)C2=O)c1. The molecule has 1 saturated heterocycles. The van der Waals surface area contributed by atoms with Crippen molar-refractivity contribution in [1.29, 1.82) is 0 Å². The maximum absolute atomic E-state index is 12.6. The van der Waals surface area contributed by atoms with Gasteiger partial charge in [0.25, 0.3) is 11.1 Å². The number of rotatable bonds is 7. The van der Waals surface area contributed by atoms with Crippen LogP contribution in [0.15, 0.2) is 59.5 Å². The third kappa shape index (κ3) is 5.33. The second-order valence-corrected chi connectivity index (χ2v) is 8.31. The number of aryl methyl sites for hydroxylation is 2. The Kier molecular flexibility index (Phi) is 7.00. The minimum atomic E-state index is -0.276. The molecule has 0 radical (unpaired) electrons. The van der Waals surface area contributed by atoms with Gasteiger partial charge in [-0.25, -0.2) is 0 Å². The van der Waals surface area contributed by atoms with E-state index in [1.54, 1.807) is 12.2 Å². The number of imide groups is 1. The van der Waals surface area contributed by atoms with E-state index in [2.05, 4.69) is 0 Å². The molecule has 0 atom stereocenters. The van der Waals surface area contributed by atoms with Crippen LogP contribution in [-0.4, -0.2) is 43.3 Å². The molecule has 5 nitrogen and oxygen atoms in total. The topological polar surface area (TPSA) is 49.9 Å². The van der Waals surface area contributed by atoms with Gasteiger partial charge in [0, 0.05) is 19.8 Å². The van der Waals surface area contributed by atoms with Gasteiger partial charge >= 0.3 is 0 Å². The number of ether oxygens (including phenoxy) is 1. The van der Waals surface area contributed by atoms with Crippen LogP contribution in [0.4, 0.5) is 10.5 Å². The summed E-state index contributed by atoms with van der Waals surface area (Å²) in [6.07, 6.45) is 5.40. The average Bonchev–Trinajstić information content (AvgIpc) is 2.98. The molecule has 0 aromatic heterocycles. The van der Waals surface area contributed by atoms with Crippen molar-refractivity contribution in [1.82, 2.24) is 4.90 Å². The Bertz CT molecular complexity index is 994. The first-order chi connectivity index (χ1) is 14.3. The molecule has 0 spiro atoms. The van der Waals surface area contributed by atoms with Crippen molar-refractivity contribution in [3.8, 4) is 5.75 Å². The van der Waals surface area contributed by atoms with Crippen molar-refractivity contribution in [2.75, 3.05) is 32.1 Å². The van der Waals surface area contributed by atoms with E-state index in [1.807, 2.05) is 81.4 Å². The lowest BCUT2D eigenvalue weighted by Gasteiger charge is -2.14. The summed E-state index contributed by atoms with van der Waals surface area (Å²) in [5.41, 5.74) is 4.28. The van der Waals surface area contributed by atoms with Crippen LogP contribution in [-0.2, 0) is 4.79 Å². The number of thioether (sulfide) groups is 1. The fourth-order valence-electron chi connectivity index (χ4n) is 2.95. The Hall–Kier alpha value is -2.99. The summed E-state index contributed by atoms with van der Waals surface area (Å²) in [5, 5.41) is -0.264. The molecule has 6 heteroatoms. The van der Waals surface area contributed by atoms with Crippen LogP contribution in [0.25, 0.3) is 6.08 Å². The lowest BCUT2D eigenvalue weighted by Crippen LogP contribution is -2.32. The Morgan fingerprint density at radius 1 is 1.07 bits per heavy atom. The highest BCUT2D eigenvalue weighted by molar-refractivity contribution is 8.18. The molecule has 2 aromatic rings. The van der Waals surface area contributed by atoms with Crippen LogP contribution in [0.1, 0.15) is 16.7 Å². The molecule has 0 saturated carbocycles. The van der Waals surface area contributed by atoms with Gasteiger partial charge in [-0.1, -0.05) is 36.4 Å². The number of anilines is 1. The van der Waals surface area contributed by atoms with Crippen molar-refractivity contribution in [2.24, 2.45) is 0 Å². The van der Waals surface area contributed by atoms with E-state index in [4.69, 9.17) is 4.74 Å². The largest absolute Gasteiger partial charge is 0.491 e. The smallest absolute Gasteiger partial charge is 0.293 e. The highest BCUT2D eigenvalue weighted by Gasteiger charge is 2.34. The molecule has 1 aliphatic heterocycles. The molecule has 2 amide bonds. The molecule has 156 valence electrons. The van der Waals surface area contributed by atoms with Gasteiger partial charge in [0.1, 0.15) is 12.4 Å². The number of carbonyl (C=O) groups is 2. The summed E-state index contributed by atoms with van der Waals surface area (Å²) >= 11 is 0.960. The first kappa shape index (κ1) is 21.7. The first-order valence-corrected chi connectivity index (χ1v) is 10.6. The zero-order valence-electron chi connectivity index (χ0n) is 17.7. The zero-order chi connectivity index (χ0) is 21.7. The predicted molar refractivity (Wildman–Crippen MR) is 124 cm³/mol. The lowest BCUT2D eigenvalue weighted by atomic mass is 10.1. The predicted octanol–water partition coefficient (Wildman–Crippen LogP) is 5.04. The van der Waals surface area contributed by atoms with Gasteiger partial charge in [-0.15, -0.1) is 0 Å². The molecular formula is C24H26N2O3S. The van der Waals surface area contributed by atoms with Gasteiger partial charge < -0.3 is 9.64 Å². The molecule has 3 rings (SSSR count). The highest BCUT2D eigenvalue weighted by Crippen LogP contribution is 2.30. The van der Waals surface area contributed by atoms with Gasteiger partial charge in [-0.2, -0.15) is 0 Å². The fraction of sp³-hybridized carbons (Fsp3) is 0.250. The molecule has 0 aliphatic carbocycles. The van der Waals surface area contributed by atoms with E-state index in [-0.39, 0.29) is 24.3 Å². The number of nitrogens with zero attached hydrogens (tertiary/aromatic N) is 2. The summed E-state index contributed by atoms with van der Waals surface area (Å²) in [4.78, 5) is 28.5. The van der Waals surface area contributed by atoms with Gasteiger partial charge in [-0.05, 0) is 66.6 Å². The number of benzene rings is 2. The number of carbonyl (C=O) groups excluding carboxylic acids is 2. The van der Waals surface area contributed by atoms with Crippen LogP contribution in [0.5, 0.6) is 5.75 Å². The quantitative estimate of drug-likeness (QED) is 0.585. The van der Waals surface area contributed by atoms with E-state index in [9.17, 15) is 9.59 Å². The Balaban J connectivity index is 1.57. The summed E-state index contributed by atoms with van der Waals surface area (Å²) < 4.78 is 5.78. The summed E-state index contributed by atoms with van der Waals surface area (Å²) in [7, 11) is 3.99. The molecular weight excluding hydrogens is 396 g/mol. The summed E-state index contributed by atoms with van der Waals surface area (Å²) in [6.45, 7) is 4.46. The lowest BCUT2D eigenvalue weighted by molar-refractivity contribution is -0.123. The van der Waals surface area contributed by atoms with Gasteiger partial charge in [0.05, 0.1) is 11.4 Å². The molecule has 1 heterocycles. The van der Waals surface area contributed by atoms with Gasteiger partial charge in [0.15, 0.2) is 0 Å². The number of allylic oxidation sites excluding steroid dienone is 2. The number of amides is 2. The van der Waals surface area contributed by atoms with Crippen LogP contribution in [0.2, 0.25) is 0 Å². The molecule has 1 fully saturated rings. The second-order valence-electron chi connectivity index (χ2n) is 7.32. The van der Waals surface area contributed by atoms with Crippen molar-refractivity contribution < 1.29 is 14.3 Å². The number of hydrogen-bond acceptors (Lipinski definition) is 5. The van der Waals surface area contributed by atoms with Crippen LogP contribution < -0.4 is 9.64 Å². The molecule has 0 bridgehead atoms. The highest BCUT2D eigenvalue weighted by atomic mass is 32.2. The van der Waals surface area contributed by atoms with E-state index in [0.717, 1.165) is 39.9 Å². The molecule has 1 aliphatic rings. The maximum atomic E-state index is 12.6. The average molecular weight is 423 g/mol. The van der Waals surface area contributed by atoms with Crippen LogP contribution >= 0.6 is 11.8 Å². The Morgan fingerprint density at radius 3 is 2.50 bits per heavy atom. The zero-order valence-corrected chi connectivity index (χ0v) is 18.5. The van der Waals surface area contributed by atoms with E-state index < -0.39 is 0 Å². The van der Waals surface area contributed by atoms with Crippen LogP contribution in [0, 0.1) is 13.8 Å². The first-order valence-electron chi connectivity index (χ1n) is 9.74.